The first kappa shape index (κ1) is 8.62. The summed E-state index contributed by atoms with van der Waals surface area (Å²) in [5, 5.41) is 0. The topological polar surface area (TPSA) is 61.5 Å². The summed E-state index contributed by atoms with van der Waals surface area (Å²) in [4.78, 5) is 10.7. The van der Waals surface area contributed by atoms with E-state index in [2.05, 4.69) is 5.92 Å². The first-order chi connectivity index (χ1) is 5.64. The van der Waals surface area contributed by atoms with E-state index >= 15 is 0 Å². The molecular weight excluding hydrogens is 158 g/mol. The van der Waals surface area contributed by atoms with Crippen molar-refractivity contribution in [2.45, 2.75) is 12.7 Å². The summed E-state index contributed by atoms with van der Waals surface area (Å²) in [5.41, 5.74) is 5.57. The Balaban J connectivity index is 2.92. The molecule has 0 radical (unpaired) electrons. The van der Waals surface area contributed by atoms with Crippen molar-refractivity contribution in [1.82, 2.24) is 0 Å². The number of carbonyl (C=O) groups excluding carboxylic acids is 1. The summed E-state index contributed by atoms with van der Waals surface area (Å²) >= 11 is 0. The number of hydrogen-bond donors (Lipinski definition) is 1. The van der Waals surface area contributed by atoms with Gasteiger partial charge in [0.25, 0.3) is 0 Å². The van der Waals surface area contributed by atoms with Gasteiger partial charge in [-0.2, -0.15) is 0 Å². The van der Waals surface area contributed by atoms with Crippen LogP contribution < -0.4 is 5.73 Å². The summed E-state index contributed by atoms with van der Waals surface area (Å²) in [6, 6.07) is 0. The molecule has 0 amide bonds. The molecule has 0 aromatic heterocycles. The fourth-order valence-electron chi connectivity index (χ4n) is 0.923. The van der Waals surface area contributed by atoms with Crippen LogP contribution in [0.2, 0.25) is 0 Å². The van der Waals surface area contributed by atoms with Gasteiger partial charge in [0, 0.05) is 6.61 Å². The molecular formula is C8H9NO3. The number of esters is 1. The minimum atomic E-state index is -1.47. The standard InChI is InChI=1S/C8H9NO3/c1-3-8(11-4-2)6(9)5-7(10)12-8/h1,5H,4,9H2,2H3. The van der Waals surface area contributed by atoms with Crippen molar-refractivity contribution in [3.05, 3.63) is 11.8 Å². The van der Waals surface area contributed by atoms with Gasteiger partial charge in [-0.1, -0.05) is 0 Å². The zero-order valence-corrected chi connectivity index (χ0v) is 6.66. The van der Waals surface area contributed by atoms with Crippen molar-refractivity contribution in [2.24, 2.45) is 5.73 Å². The SMILES string of the molecule is C#CC1(OCC)OC(=O)C=C1N. The molecule has 4 heteroatoms. The number of rotatable bonds is 2. The largest absolute Gasteiger partial charge is 0.412 e. The van der Waals surface area contributed by atoms with Gasteiger partial charge in [-0.25, -0.2) is 4.79 Å². The van der Waals surface area contributed by atoms with Crippen LogP contribution in [0.4, 0.5) is 0 Å². The summed E-state index contributed by atoms with van der Waals surface area (Å²) in [6.07, 6.45) is 6.25. The second-order valence-corrected chi connectivity index (χ2v) is 2.21. The maximum Gasteiger partial charge on any atom is 0.336 e. The highest BCUT2D eigenvalue weighted by Crippen LogP contribution is 2.24. The lowest BCUT2D eigenvalue weighted by Gasteiger charge is -2.22. The van der Waals surface area contributed by atoms with E-state index in [4.69, 9.17) is 21.6 Å². The molecule has 0 spiro atoms. The van der Waals surface area contributed by atoms with Crippen molar-refractivity contribution >= 4 is 5.97 Å². The smallest absolute Gasteiger partial charge is 0.336 e. The van der Waals surface area contributed by atoms with Crippen LogP contribution >= 0.6 is 0 Å². The zero-order chi connectivity index (χ0) is 9.19. The Labute approximate surface area is 70.3 Å². The van der Waals surface area contributed by atoms with E-state index in [0.717, 1.165) is 6.08 Å². The lowest BCUT2D eigenvalue weighted by Crippen LogP contribution is -2.37. The molecule has 1 aliphatic heterocycles. The Morgan fingerprint density at radius 2 is 2.58 bits per heavy atom. The normalized spacial score (nSPS) is 27.7. The zero-order valence-electron chi connectivity index (χ0n) is 6.66. The molecule has 1 aliphatic rings. The van der Waals surface area contributed by atoms with Crippen molar-refractivity contribution in [3.63, 3.8) is 0 Å². The monoisotopic (exact) mass is 167 g/mol. The van der Waals surface area contributed by atoms with Crippen LogP contribution in [0.3, 0.4) is 0 Å². The molecule has 0 aromatic carbocycles. The number of terminal acetylenes is 1. The van der Waals surface area contributed by atoms with Crippen molar-refractivity contribution in [3.8, 4) is 12.3 Å². The van der Waals surface area contributed by atoms with Crippen LogP contribution in [-0.2, 0) is 14.3 Å². The molecule has 1 rings (SSSR count). The second-order valence-electron chi connectivity index (χ2n) is 2.21. The van der Waals surface area contributed by atoms with E-state index in [-0.39, 0.29) is 5.70 Å². The quantitative estimate of drug-likeness (QED) is 0.455. The Morgan fingerprint density at radius 3 is 2.92 bits per heavy atom. The van der Waals surface area contributed by atoms with Gasteiger partial charge in [0.05, 0.1) is 6.08 Å². The second kappa shape index (κ2) is 2.88. The highest BCUT2D eigenvalue weighted by Gasteiger charge is 2.41. The molecule has 0 aliphatic carbocycles. The van der Waals surface area contributed by atoms with E-state index < -0.39 is 11.8 Å². The van der Waals surface area contributed by atoms with E-state index in [0.29, 0.717) is 6.61 Å². The molecule has 1 unspecified atom stereocenters. The third-order valence-corrected chi connectivity index (χ3v) is 1.44. The number of carbonyl (C=O) groups is 1. The van der Waals surface area contributed by atoms with Gasteiger partial charge in [-0.3, -0.25) is 0 Å². The number of hydrogen-bond acceptors (Lipinski definition) is 4. The first-order valence-corrected chi connectivity index (χ1v) is 3.47. The van der Waals surface area contributed by atoms with Crippen LogP contribution in [-0.4, -0.2) is 18.4 Å². The van der Waals surface area contributed by atoms with Crippen LogP contribution in [0.1, 0.15) is 6.92 Å². The maximum atomic E-state index is 10.7. The minimum absolute atomic E-state index is 0.122. The summed E-state index contributed by atoms with van der Waals surface area (Å²) in [5.74, 6) is 0.163. The van der Waals surface area contributed by atoms with E-state index in [1.807, 2.05) is 0 Å². The maximum absolute atomic E-state index is 10.7. The highest BCUT2D eigenvalue weighted by atomic mass is 16.7. The predicted octanol–water partition coefficient (Wildman–Crippen LogP) is -0.248. The lowest BCUT2D eigenvalue weighted by molar-refractivity contribution is -0.178. The van der Waals surface area contributed by atoms with E-state index in [1.165, 1.54) is 0 Å². The van der Waals surface area contributed by atoms with Gasteiger partial charge in [-0.05, 0) is 12.8 Å². The number of cyclic esters (lactones) is 1. The third-order valence-electron chi connectivity index (χ3n) is 1.44. The summed E-state index contributed by atoms with van der Waals surface area (Å²) in [7, 11) is 0. The molecule has 0 bridgehead atoms. The van der Waals surface area contributed by atoms with E-state index in [1.54, 1.807) is 6.92 Å². The molecule has 0 fully saturated rings. The Kier molecular flexibility index (Phi) is 2.07. The predicted molar refractivity (Wildman–Crippen MR) is 41.6 cm³/mol. The van der Waals surface area contributed by atoms with Gasteiger partial charge in [-0.15, -0.1) is 6.42 Å². The van der Waals surface area contributed by atoms with E-state index in [9.17, 15) is 4.79 Å². The van der Waals surface area contributed by atoms with Gasteiger partial charge in [0.15, 0.2) is 0 Å². The van der Waals surface area contributed by atoms with Crippen LogP contribution in [0.15, 0.2) is 11.8 Å². The summed E-state index contributed by atoms with van der Waals surface area (Å²) < 4.78 is 9.79. The molecule has 1 heterocycles. The highest BCUT2D eigenvalue weighted by molar-refractivity contribution is 5.86. The average molecular weight is 167 g/mol. The van der Waals surface area contributed by atoms with Crippen molar-refractivity contribution in [2.75, 3.05) is 6.61 Å². The fraction of sp³-hybridized carbons (Fsp3) is 0.375. The van der Waals surface area contributed by atoms with Crippen LogP contribution in [0, 0.1) is 12.3 Å². The van der Waals surface area contributed by atoms with Gasteiger partial charge >= 0.3 is 11.8 Å². The number of nitrogens with two attached hydrogens (primary N) is 1. The van der Waals surface area contributed by atoms with Crippen molar-refractivity contribution < 1.29 is 14.3 Å². The summed E-state index contributed by atoms with van der Waals surface area (Å²) in [6.45, 7) is 2.06. The van der Waals surface area contributed by atoms with Crippen LogP contribution in [0.5, 0.6) is 0 Å². The molecule has 12 heavy (non-hydrogen) atoms. The Bertz CT molecular complexity index is 277. The average Bonchev–Trinajstić information content (AvgIpc) is 2.28. The Morgan fingerprint density at radius 1 is 1.92 bits per heavy atom. The van der Waals surface area contributed by atoms with Crippen LogP contribution in [0.25, 0.3) is 0 Å². The molecule has 0 saturated carbocycles. The minimum Gasteiger partial charge on any atom is -0.412 e. The molecule has 4 nitrogen and oxygen atoms in total. The number of ether oxygens (including phenoxy) is 2. The lowest BCUT2D eigenvalue weighted by atomic mass is 10.2. The van der Waals surface area contributed by atoms with Gasteiger partial charge in [0.2, 0.25) is 0 Å². The van der Waals surface area contributed by atoms with Gasteiger partial charge in [0.1, 0.15) is 5.70 Å². The molecule has 64 valence electrons. The molecule has 2 N–H and O–H groups in total. The first-order valence-electron chi connectivity index (χ1n) is 3.47. The third kappa shape index (κ3) is 1.15. The van der Waals surface area contributed by atoms with Crippen molar-refractivity contribution in [1.29, 1.82) is 0 Å². The molecule has 0 saturated heterocycles. The molecule has 0 aromatic rings. The Hall–Kier alpha value is -1.47. The fourth-order valence-corrected chi connectivity index (χ4v) is 0.923. The van der Waals surface area contributed by atoms with Gasteiger partial charge < -0.3 is 15.2 Å². The molecule has 1 atom stereocenters.